The zero-order valence-electron chi connectivity index (χ0n) is 17.0. The van der Waals surface area contributed by atoms with Crippen LogP contribution in [0.4, 0.5) is 31.9 Å². The van der Waals surface area contributed by atoms with Crippen molar-refractivity contribution in [2.45, 2.75) is 18.8 Å². The van der Waals surface area contributed by atoms with Crippen molar-refractivity contribution in [2.75, 3.05) is 23.8 Å². The molecule has 2 heterocycles. The van der Waals surface area contributed by atoms with E-state index in [9.17, 15) is 8.78 Å². The summed E-state index contributed by atoms with van der Waals surface area (Å²) in [6.07, 6.45) is 5.15. The Morgan fingerprint density at radius 3 is 2.84 bits per heavy atom. The number of fused-ring (bicyclic) bond motifs is 6. The first-order valence-electron chi connectivity index (χ1n) is 10.3. The molecular formula is C24H19F2N5O. The molecule has 5 rings (SSSR count). The average molecular weight is 431 g/mol. The molecule has 0 spiro atoms. The maximum Gasteiger partial charge on any atom is 0.229 e. The maximum absolute atomic E-state index is 14.6. The second kappa shape index (κ2) is 8.27. The molecule has 2 aromatic carbocycles. The molecule has 6 nitrogen and oxygen atoms in total. The quantitative estimate of drug-likeness (QED) is 0.394. The highest BCUT2D eigenvalue weighted by Crippen LogP contribution is 2.41. The highest BCUT2D eigenvalue weighted by Gasteiger charge is 2.31. The van der Waals surface area contributed by atoms with Crippen LogP contribution in [0.25, 0.3) is 4.85 Å². The number of nitrogens with zero attached hydrogens (tertiary/aromatic N) is 3. The second-order valence-corrected chi connectivity index (χ2v) is 7.60. The Kier molecular flexibility index (Phi) is 5.15. The van der Waals surface area contributed by atoms with Crippen LogP contribution in [-0.4, -0.2) is 23.1 Å². The number of nitrogens with one attached hydrogen (secondary N) is 2. The van der Waals surface area contributed by atoms with Gasteiger partial charge in [0.05, 0.1) is 12.3 Å². The molecule has 4 bridgehead atoms. The molecule has 1 unspecified atom stereocenters. The number of halogens is 2. The van der Waals surface area contributed by atoms with Gasteiger partial charge in [-0.3, -0.25) is 0 Å². The smallest absolute Gasteiger partial charge is 0.229 e. The first-order valence-corrected chi connectivity index (χ1v) is 10.3. The van der Waals surface area contributed by atoms with Gasteiger partial charge < -0.3 is 15.4 Å². The fourth-order valence-corrected chi connectivity index (χ4v) is 4.12. The minimum absolute atomic E-state index is 0.288. The summed E-state index contributed by atoms with van der Waals surface area (Å²) >= 11 is 0. The fraction of sp³-hybridized carbons (Fsp3) is 0.208. The lowest BCUT2D eigenvalue weighted by Crippen LogP contribution is -2.10. The van der Waals surface area contributed by atoms with Crippen molar-refractivity contribution in [1.82, 2.24) is 9.97 Å². The molecule has 2 N–H and O–H groups in total. The van der Waals surface area contributed by atoms with Gasteiger partial charge in [0, 0.05) is 29.8 Å². The van der Waals surface area contributed by atoms with Gasteiger partial charge >= 0.3 is 0 Å². The number of rotatable bonds is 1. The Bertz CT molecular complexity index is 1270. The summed E-state index contributed by atoms with van der Waals surface area (Å²) in [4.78, 5) is 12.9. The topological polar surface area (TPSA) is 63.4 Å². The van der Waals surface area contributed by atoms with Crippen molar-refractivity contribution in [2.24, 2.45) is 0 Å². The standard InChI is InChI=1S/C24H19F2N5O/c1-27-20-9-5-15-13-21(20)32-11-3-2-10-28-23-18-8-7-17(22(18)30-24(29-15)31-23)16-6-4-14(25)12-19(16)26/h2-6,9,12-13,17H,7-8,10-11H2,(H2,28,29,30,31)/b3-2+. The molecule has 32 heavy (non-hydrogen) atoms. The van der Waals surface area contributed by atoms with Gasteiger partial charge in [0.2, 0.25) is 11.6 Å². The van der Waals surface area contributed by atoms with E-state index in [1.54, 1.807) is 18.2 Å². The Labute approximate surface area is 183 Å². The van der Waals surface area contributed by atoms with Crippen molar-refractivity contribution in [3.05, 3.63) is 88.4 Å². The van der Waals surface area contributed by atoms with E-state index >= 15 is 0 Å². The summed E-state index contributed by atoms with van der Waals surface area (Å²) in [7, 11) is 0. The predicted molar refractivity (Wildman–Crippen MR) is 118 cm³/mol. The van der Waals surface area contributed by atoms with Gasteiger partial charge in [0.1, 0.15) is 29.8 Å². The molecule has 0 saturated carbocycles. The fourth-order valence-electron chi connectivity index (χ4n) is 4.12. The molecule has 0 amide bonds. The Hall–Kier alpha value is -3.99. The minimum atomic E-state index is -0.602. The normalized spacial score (nSPS) is 17.8. The monoisotopic (exact) mass is 431 g/mol. The summed E-state index contributed by atoms with van der Waals surface area (Å²) in [6, 6.07) is 8.85. The van der Waals surface area contributed by atoms with Gasteiger partial charge in [-0.1, -0.05) is 18.2 Å². The van der Waals surface area contributed by atoms with Crippen LogP contribution < -0.4 is 15.4 Å². The van der Waals surface area contributed by atoms with Crippen molar-refractivity contribution in [1.29, 1.82) is 0 Å². The first-order chi connectivity index (χ1) is 15.6. The third-order valence-electron chi connectivity index (χ3n) is 5.62. The van der Waals surface area contributed by atoms with Gasteiger partial charge in [-0.05, 0) is 42.7 Å². The van der Waals surface area contributed by atoms with E-state index < -0.39 is 11.6 Å². The van der Waals surface area contributed by atoms with Crippen LogP contribution in [0.15, 0.2) is 48.6 Å². The van der Waals surface area contributed by atoms with Gasteiger partial charge in [-0.15, -0.1) is 0 Å². The summed E-state index contributed by atoms with van der Waals surface area (Å²) in [5, 5.41) is 6.49. The van der Waals surface area contributed by atoms with Crippen LogP contribution in [-0.2, 0) is 6.42 Å². The molecule has 8 heteroatoms. The highest BCUT2D eigenvalue weighted by molar-refractivity contribution is 5.68. The summed E-state index contributed by atoms with van der Waals surface area (Å²) in [5.41, 5.74) is 3.18. The lowest BCUT2D eigenvalue weighted by molar-refractivity contribution is 0.365. The SMILES string of the molecule is [C-]#[N+]c1ccc2cc1OC/C=C/CNc1nc(nc3c1CCC3c1ccc(F)cc1F)N2. The Balaban J connectivity index is 1.59. The van der Waals surface area contributed by atoms with Crippen LogP contribution in [0.5, 0.6) is 5.75 Å². The molecule has 0 radical (unpaired) electrons. The Morgan fingerprint density at radius 2 is 2.00 bits per heavy atom. The number of anilines is 3. The van der Waals surface area contributed by atoms with E-state index in [1.165, 1.54) is 12.1 Å². The summed E-state index contributed by atoms with van der Waals surface area (Å²) < 4.78 is 33.7. The maximum atomic E-state index is 14.6. The van der Waals surface area contributed by atoms with E-state index in [0.29, 0.717) is 60.4 Å². The molecule has 1 aliphatic carbocycles. The summed E-state index contributed by atoms with van der Waals surface area (Å²) in [5.74, 6) is 0.0421. The van der Waals surface area contributed by atoms with Crippen LogP contribution in [0, 0.1) is 18.2 Å². The number of ether oxygens (including phenoxy) is 1. The third kappa shape index (κ3) is 3.73. The molecule has 1 atom stereocenters. The largest absolute Gasteiger partial charge is 0.500 e. The van der Waals surface area contributed by atoms with Gasteiger partial charge in [0.25, 0.3) is 0 Å². The van der Waals surface area contributed by atoms with Crippen LogP contribution >= 0.6 is 0 Å². The molecule has 0 saturated heterocycles. The van der Waals surface area contributed by atoms with E-state index in [-0.39, 0.29) is 5.92 Å². The summed E-state index contributed by atoms with van der Waals surface area (Å²) in [6.45, 7) is 8.19. The number of hydrogen-bond acceptors (Lipinski definition) is 5. The molecule has 3 aromatic rings. The molecular weight excluding hydrogens is 412 g/mol. The van der Waals surface area contributed by atoms with Gasteiger partial charge in [-0.25, -0.2) is 18.6 Å². The predicted octanol–water partition coefficient (Wildman–Crippen LogP) is 5.49. The van der Waals surface area contributed by atoms with E-state index in [2.05, 4.69) is 20.5 Å². The molecule has 160 valence electrons. The van der Waals surface area contributed by atoms with Crippen molar-refractivity contribution < 1.29 is 13.5 Å². The van der Waals surface area contributed by atoms with Crippen molar-refractivity contribution in [3.63, 3.8) is 0 Å². The van der Waals surface area contributed by atoms with E-state index in [4.69, 9.17) is 16.3 Å². The molecule has 0 fully saturated rings. The molecule has 1 aliphatic heterocycles. The number of hydrogen-bond donors (Lipinski definition) is 2. The Morgan fingerprint density at radius 1 is 1.09 bits per heavy atom. The van der Waals surface area contributed by atoms with Gasteiger partial charge in [0.15, 0.2) is 0 Å². The van der Waals surface area contributed by atoms with Gasteiger partial charge in [-0.2, -0.15) is 4.98 Å². The van der Waals surface area contributed by atoms with E-state index in [1.807, 2.05) is 12.2 Å². The molecule has 1 aromatic heterocycles. The number of aromatic nitrogens is 2. The van der Waals surface area contributed by atoms with Crippen LogP contribution in [0.3, 0.4) is 0 Å². The van der Waals surface area contributed by atoms with Crippen LogP contribution in [0.1, 0.15) is 29.2 Å². The minimum Gasteiger partial charge on any atom is -0.500 e. The van der Waals surface area contributed by atoms with Crippen molar-refractivity contribution >= 4 is 23.1 Å². The highest BCUT2D eigenvalue weighted by atomic mass is 19.1. The third-order valence-corrected chi connectivity index (χ3v) is 5.62. The zero-order chi connectivity index (χ0) is 22.1. The zero-order valence-corrected chi connectivity index (χ0v) is 17.0. The van der Waals surface area contributed by atoms with E-state index in [0.717, 1.165) is 17.3 Å². The lowest BCUT2D eigenvalue weighted by Gasteiger charge is -2.16. The number of benzene rings is 2. The van der Waals surface area contributed by atoms with Crippen LogP contribution in [0.2, 0.25) is 0 Å². The van der Waals surface area contributed by atoms with Crippen molar-refractivity contribution in [3.8, 4) is 5.75 Å². The molecule has 2 aliphatic rings. The lowest BCUT2D eigenvalue weighted by atomic mass is 9.96. The second-order valence-electron chi connectivity index (χ2n) is 7.60. The average Bonchev–Trinajstić information content (AvgIpc) is 3.20. The first kappa shape index (κ1) is 19.9.